The molecule has 1 N–H and O–H groups in total. The van der Waals surface area contributed by atoms with Gasteiger partial charge in [0.25, 0.3) is 5.91 Å². The Morgan fingerprint density at radius 3 is 2.56 bits per heavy atom. The summed E-state index contributed by atoms with van der Waals surface area (Å²) >= 11 is 6.22. The summed E-state index contributed by atoms with van der Waals surface area (Å²) in [6.07, 6.45) is 1.62. The Morgan fingerprint density at radius 2 is 1.92 bits per heavy atom. The normalized spacial score (nSPS) is 15.9. The van der Waals surface area contributed by atoms with Crippen molar-refractivity contribution in [3.63, 3.8) is 0 Å². The Bertz CT molecular complexity index is 831. The highest BCUT2D eigenvalue weighted by atomic mass is 35.5. The highest BCUT2D eigenvalue weighted by Crippen LogP contribution is 2.38. The zero-order chi connectivity index (χ0) is 18.1. The number of carbonyl (C=O) groups excluding carboxylic acids is 1. The lowest BCUT2D eigenvalue weighted by atomic mass is 10.0. The lowest BCUT2D eigenvalue weighted by molar-refractivity contribution is 0.0606. The smallest absolute Gasteiger partial charge is 0.335 e. The fourth-order valence-electron chi connectivity index (χ4n) is 3.51. The molecule has 1 atom stereocenters. The molecule has 130 valence electrons. The molecule has 0 radical (unpaired) electrons. The average molecular weight is 358 g/mol. The summed E-state index contributed by atoms with van der Waals surface area (Å²) in [5.74, 6) is -1.08. The van der Waals surface area contributed by atoms with Crippen LogP contribution in [0.1, 0.15) is 58.2 Å². The minimum absolute atomic E-state index is 0.0341. The van der Waals surface area contributed by atoms with Crippen LogP contribution in [0.3, 0.4) is 0 Å². The topological polar surface area (TPSA) is 57.6 Å². The van der Waals surface area contributed by atoms with E-state index in [2.05, 4.69) is 0 Å². The molecule has 0 spiro atoms. The van der Waals surface area contributed by atoms with E-state index in [1.165, 1.54) is 0 Å². The minimum atomic E-state index is -0.957. The van der Waals surface area contributed by atoms with Gasteiger partial charge in [-0.25, -0.2) is 4.79 Å². The van der Waals surface area contributed by atoms with Gasteiger partial charge < -0.3 is 10.0 Å². The van der Waals surface area contributed by atoms with Crippen LogP contribution in [0.2, 0.25) is 5.02 Å². The number of hydrogen-bond acceptors (Lipinski definition) is 2. The van der Waals surface area contributed by atoms with Gasteiger partial charge in [-0.3, -0.25) is 4.79 Å². The number of carbonyl (C=O) groups is 2. The fourth-order valence-corrected chi connectivity index (χ4v) is 3.73. The summed E-state index contributed by atoms with van der Waals surface area (Å²) in [6.45, 7) is 3.93. The van der Waals surface area contributed by atoms with Crippen molar-refractivity contribution in [3.05, 3.63) is 69.7 Å². The second kappa shape index (κ2) is 6.89. The molecule has 5 heteroatoms. The summed E-state index contributed by atoms with van der Waals surface area (Å²) < 4.78 is 0. The molecule has 0 bridgehead atoms. The van der Waals surface area contributed by atoms with Crippen molar-refractivity contribution in [2.24, 2.45) is 0 Å². The van der Waals surface area contributed by atoms with Crippen LogP contribution in [0.15, 0.2) is 42.5 Å². The first-order valence-corrected chi connectivity index (χ1v) is 8.71. The molecular weight excluding hydrogens is 338 g/mol. The molecular formula is C20H20ClNO3. The van der Waals surface area contributed by atoms with Gasteiger partial charge in [-0.2, -0.15) is 0 Å². The van der Waals surface area contributed by atoms with Crippen molar-refractivity contribution in [1.82, 2.24) is 4.90 Å². The van der Waals surface area contributed by atoms with Crippen molar-refractivity contribution in [1.29, 1.82) is 0 Å². The largest absolute Gasteiger partial charge is 0.478 e. The molecule has 3 rings (SSSR count). The van der Waals surface area contributed by atoms with E-state index in [9.17, 15) is 14.7 Å². The second-order valence-electron chi connectivity index (χ2n) is 6.56. The maximum Gasteiger partial charge on any atom is 0.335 e. The maximum absolute atomic E-state index is 13.1. The lowest BCUT2D eigenvalue weighted by Gasteiger charge is -2.34. The molecule has 0 saturated heterocycles. The highest BCUT2D eigenvalue weighted by Gasteiger charge is 2.34. The first-order chi connectivity index (χ1) is 11.9. The zero-order valence-corrected chi connectivity index (χ0v) is 15.0. The second-order valence-corrected chi connectivity index (χ2v) is 6.97. The van der Waals surface area contributed by atoms with Gasteiger partial charge in [0.1, 0.15) is 0 Å². The predicted molar refractivity (Wildman–Crippen MR) is 97.2 cm³/mol. The van der Waals surface area contributed by atoms with Gasteiger partial charge in [0, 0.05) is 6.04 Å². The number of halogens is 1. The van der Waals surface area contributed by atoms with Crippen LogP contribution in [-0.4, -0.2) is 27.9 Å². The highest BCUT2D eigenvalue weighted by molar-refractivity contribution is 6.33. The molecule has 2 aromatic rings. The van der Waals surface area contributed by atoms with Crippen LogP contribution in [0.25, 0.3) is 0 Å². The Morgan fingerprint density at radius 1 is 1.20 bits per heavy atom. The van der Waals surface area contributed by atoms with Crippen LogP contribution >= 0.6 is 11.6 Å². The van der Waals surface area contributed by atoms with E-state index in [4.69, 9.17) is 11.6 Å². The Labute approximate surface area is 152 Å². The van der Waals surface area contributed by atoms with E-state index < -0.39 is 5.97 Å². The van der Waals surface area contributed by atoms with E-state index in [1.54, 1.807) is 36.4 Å². The first kappa shape index (κ1) is 17.5. The molecule has 1 amide bonds. The molecule has 4 nitrogen and oxygen atoms in total. The van der Waals surface area contributed by atoms with Gasteiger partial charge in [-0.1, -0.05) is 29.8 Å². The van der Waals surface area contributed by atoms with E-state index in [0.717, 1.165) is 24.0 Å². The predicted octanol–water partition coefficient (Wildman–Crippen LogP) is 4.58. The summed E-state index contributed by atoms with van der Waals surface area (Å²) in [5.41, 5.74) is 2.75. The van der Waals surface area contributed by atoms with Crippen LogP contribution < -0.4 is 0 Å². The van der Waals surface area contributed by atoms with Gasteiger partial charge in [0.15, 0.2) is 0 Å². The summed E-state index contributed by atoms with van der Waals surface area (Å²) in [5, 5.41) is 9.70. The number of benzene rings is 2. The quantitative estimate of drug-likeness (QED) is 0.871. The van der Waals surface area contributed by atoms with Crippen LogP contribution in [0.5, 0.6) is 0 Å². The van der Waals surface area contributed by atoms with Gasteiger partial charge in [-0.05, 0) is 62.1 Å². The third-order valence-corrected chi connectivity index (χ3v) is 5.00. The van der Waals surface area contributed by atoms with E-state index in [1.807, 2.05) is 24.8 Å². The van der Waals surface area contributed by atoms with Gasteiger partial charge in [0.05, 0.1) is 22.2 Å². The molecule has 0 saturated carbocycles. The molecule has 0 aromatic heterocycles. The van der Waals surface area contributed by atoms with Gasteiger partial charge in [0.2, 0.25) is 0 Å². The fraction of sp³-hybridized carbons (Fsp3) is 0.300. The number of hydrogen-bond donors (Lipinski definition) is 1. The maximum atomic E-state index is 13.1. The van der Waals surface area contributed by atoms with Crippen molar-refractivity contribution in [2.75, 3.05) is 0 Å². The monoisotopic (exact) mass is 357 g/mol. The first-order valence-electron chi connectivity index (χ1n) is 8.33. The SMILES string of the molecule is CC(C)N(C(=O)c1ccccc1Cl)C1CCc2ccc(C(=O)O)cc21. The number of carboxylic acids is 1. The van der Waals surface area contributed by atoms with Crippen LogP contribution in [-0.2, 0) is 6.42 Å². The summed E-state index contributed by atoms with van der Waals surface area (Å²) in [6, 6.07) is 12.0. The minimum Gasteiger partial charge on any atom is -0.478 e. The molecule has 25 heavy (non-hydrogen) atoms. The molecule has 2 aromatic carbocycles. The van der Waals surface area contributed by atoms with Crippen molar-refractivity contribution < 1.29 is 14.7 Å². The number of aromatic carboxylic acids is 1. The molecule has 1 aliphatic carbocycles. The number of amides is 1. The van der Waals surface area contributed by atoms with Crippen LogP contribution in [0.4, 0.5) is 0 Å². The number of carboxylic acid groups (broad SMARTS) is 1. The van der Waals surface area contributed by atoms with Crippen molar-refractivity contribution in [2.45, 2.75) is 38.8 Å². The van der Waals surface area contributed by atoms with Gasteiger partial charge in [-0.15, -0.1) is 0 Å². The van der Waals surface area contributed by atoms with Crippen molar-refractivity contribution in [3.8, 4) is 0 Å². The molecule has 1 aliphatic rings. The molecule has 0 fully saturated rings. The number of fused-ring (bicyclic) bond motifs is 1. The van der Waals surface area contributed by atoms with E-state index in [0.29, 0.717) is 10.6 Å². The molecule has 0 heterocycles. The average Bonchev–Trinajstić information content (AvgIpc) is 2.98. The number of rotatable bonds is 4. The van der Waals surface area contributed by atoms with Crippen molar-refractivity contribution >= 4 is 23.5 Å². The Hall–Kier alpha value is -2.33. The number of nitrogens with zero attached hydrogens (tertiary/aromatic N) is 1. The Kier molecular flexibility index (Phi) is 4.82. The zero-order valence-electron chi connectivity index (χ0n) is 14.2. The van der Waals surface area contributed by atoms with E-state index >= 15 is 0 Å². The molecule has 0 aliphatic heterocycles. The van der Waals surface area contributed by atoms with E-state index in [-0.39, 0.29) is 23.6 Å². The third kappa shape index (κ3) is 3.27. The summed E-state index contributed by atoms with van der Waals surface area (Å²) in [7, 11) is 0. The number of aryl methyl sites for hydroxylation is 1. The standard InChI is InChI=1S/C20H20ClNO3/c1-12(2)22(19(23)15-5-3-4-6-17(15)21)18-10-9-13-7-8-14(20(24)25)11-16(13)18/h3-8,11-12,18H,9-10H2,1-2H3,(H,24,25). The lowest BCUT2D eigenvalue weighted by Crippen LogP contribution is -2.39. The third-order valence-electron chi connectivity index (χ3n) is 4.67. The molecule has 1 unspecified atom stereocenters. The summed E-state index contributed by atoms with van der Waals surface area (Å²) in [4.78, 5) is 26.3. The van der Waals surface area contributed by atoms with Gasteiger partial charge >= 0.3 is 5.97 Å². The Balaban J connectivity index is 2.02. The van der Waals surface area contributed by atoms with Crippen LogP contribution in [0, 0.1) is 0 Å².